The fourth-order valence-electron chi connectivity index (χ4n) is 1.83. The van der Waals surface area contributed by atoms with Gasteiger partial charge in [-0.3, -0.25) is 0 Å². The lowest BCUT2D eigenvalue weighted by molar-refractivity contribution is 0.335. The van der Waals surface area contributed by atoms with Gasteiger partial charge >= 0.3 is 0 Å². The monoisotopic (exact) mass is 267 g/mol. The molecule has 0 amide bonds. The summed E-state index contributed by atoms with van der Waals surface area (Å²) in [5.74, 6) is 3.10. The van der Waals surface area contributed by atoms with Gasteiger partial charge in [-0.05, 0) is 25.2 Å². The Hall–Kier alpha value is -0.670. The van der Waals surface area contributed by atoms with Gasteiger partial charge in [0.25, 0.3) is 0 Å². The van der Waals surface area contributed by atoms with Gasteiger partial charge in [0.15, 0.2) is 0 Å². The quantitative estimate of drug-likeness (QED) is 0.687. The zero-order valence-corrected chi connectivity index (χ0v) is 12.3. The molecule has 1 aromatic carbocycles. The summed E-state index contributed by atoms with van der Waals surface area (Å²) in [5, 5.41) is 0. The van der Waals surface area contributed by atoms with Gasteiger partial charge in [-0.1, -0.05) is 38.0 Å². The highest BCUT2D eigenvalue weighted by molar-refractivity contribution is 7.99. The lowest BCUT2D eigenvalue weighted by Gasteiger charge is -2.16. The van der Waals surface area contributed by atoms with Crippen molar-refractivity contribution in [1.29, 1.82) is 0 Å². The molecule has 0 fully saturated rings. The minimum absolute atomic E-state index is 0.0689. The normalized spacial score (nSPS) is 12.4. The van der Waals surface area contributed by atoms with Crippen LogP contribution in [0.25, 0.3) is 0 Å². The molecule has 0 saturated carbocycles. The molecule has 0 aromatic heterocycles. The van der Waals surface area contributed by atoms with Crippen LogP contribution in [0.1, 0.15) is 44.7 Å². The summed E-state index contributed by atoms with van der Waals surface area (Å²) in [6.07, 6.45) is 3.89. The van der Waals surface area contributed by atoms with Crippen molar-refractivity contribution in [1.82, 2.24) is 0 Å². The van der Waals surface area contributed by atoms with E-state index in [4.69, 9.17) is 10.5 Å². The molecule has 1 rings (SSSR count). The molecule has 102 valence electrons. The van der Waals surface area contributed by atoms with E-state index >= 15 is 0 Å². The lowest BCUT2D eigenvalue weighted by Crippen LogP contribution is -2.14. The second-order valence-corrected chi connectivity index (χ2v) is 5.51. The number of nitrogens with two attached hydrogens (primary N) is 1. The van der Waals surface area contributed by atoms with Gasteiger partial charge in [-0.25, -0.2) is 0 Å². The van der Waals surface area contributed by atoms with Crippen molar-refractivity contribution in [3.05, 3.63) is 29.8 Å². The van der Waals surface area contributed by atoms with E-state index in [9.17, 15) is 0 Å². The molecule has 0 bridgehead atoms. The largest absolute Gasteiger partial charge is 0.494 e. The zero-order valence-electron chi connectivity index (χ0n) is 11.5. The summed E-state index contributed by atoms with van der Waals surface area (Å²) >= 11 is 1.94. The molecule has 1 unspecified atom stereocenters. The Labute approximate surface area is 115 Å². The van der Waals surface area contributed by atoms with Gasteiger partial charge in [-0.15, -0.1) is 0 Å². The molecular formula is C15H25NOS. The smallest absolute Gasteiger partial charge is 0.124 e. The molecule has 0 aliphatic carbocycles. The molecule has 0 radical (unpaired) electrons. The van der Waals surface area contributed by atoms with Crippen LogP contribution in [0, 0.1) is 0 Å². The van der Waals surface area contributed by atoms with E-state index in [0.717, 1.165) is 17.1 Å². The Balaban J connectivity index is 2.42. The minimum Gasteiger partial charge on any atom is -0.494 e. The Kier molecular flexibility index (Phi) is 7.94. The van der Waals surface area contributed by atoms with Crippen LogP contribution < -0.4 is 10.5 Å². The number of hydrogen-bond acceptors (Lipinski definition) is 3. The van der Waals surface area contributed by atoms with Crippen molar-refractivity contribution in [2.75, 3.05) is 18.1 Å². The lowest BCUT2D eigenvalue weighted by atomic mass is 10.1. The van der Waals surface area contributed by atoms with Crippen LogP contribution in [0.4, 0.5) is 0 Å². The van der Waals surface area contributed by atoms with E-state index in [-0.39, 0.29) is 6.04 Å². The van der Waals surface area contributed by atoms with Crippen LogP contribution in [0.3, 0.4) is 0 Å². The number of unbranched alkanes of at least 4 members (excludes halogenated alkanes) is 2. The second kappa shape index (κ2) is 9.29. The van der Waals surface area contributed by atoms with Crippen LogP contribution in [0.2, 0.25) is 0 Å². The number of benzene rings is 1. The number of hydrogen-bond donors (Lipinski definition) is 1. The third-order valence-electron chi connectivity index (χ3n) is 2.81. The number of thioether (sulfide) groups is 1. The molecule has 0 aliphatic rings. The van der Waals surface area contributed by atoms with E-state index in [1.165, 1.54) is 25.0 Å². The SMILES string of the molecule is CCCCCSCC(N)c1ccccc1OCC. The van der Waals surface area contributed by atoms with Crippen LogP contribution in [-0.2, 0) is 0 Å². The van der Waals surface area contributed by atoms with Crippen molar-refractivity contribution >= 4 is 11.8 Å². The van der Waals surface area contributed by atoms with Gasteiger partial charge in [0.2, 0.25) is 0 Å². The average molecular weight is 267 g/mol. The molecule has 0 saturated heterocycles. The predicted molar refractivity (Wildman–Crippen MR) is 81.4 cm³/mol. The van der Waals surface area contributed by atoms with Crippen LogP contribution in [0.5, 0.6) is 5.75 Å². The van der Waals surface area contributed by atoms with Gasteiger partial charge in [0.1, 0.15) is 5.75 Å². The van der Waals surface area contributed by atoms with E-state index in [2.05, 4.69) is 13.0 Å². The summed E-state index contributed by atoms with van der Waals surface area (Å²) in [6.45, 7) is 4.92. The molecule has 0 heterocycles. The Morgan fingerprint density at radius 1 is 1.22 bits per heavy atom. The van der Waals surface area contributed by atoms with Crippen LogP contribution >= 0.6 is 11.8 Å². The fraction of sp³-hybridized carbons (Fsp3) is 0.600. The molecular weight excluding hydrogens is 242 g/mol. The summed E-state index contributed by atoms with van der Waals surface area (Å²) < 4.78 is 5.61. The molecule has 0 spiro atoms. The van der Waals surface area contributed by atoms with E-state index in [0.29, 0.717) is 6.61 Å². The highest BCUT2D eigenvalue weighted by Crippen LogP contribution is 2.26. The molecule has 2 nitrogen and oxygen atoms in total. The maximum absolute atomic E-state index is 6.24. The maximum Gasteiger partial charge on any atom is 0.124 e. The molecule has 2 N–H and O–H groups in total. The Bertz CT molecular complexity index is 330. The molecule has 18 heavy (non-hydrogen) atoms. The first-order chi connectivity index (χ1) is 8.79. The second-order valence-electron chi connectivity index (χ2n) is 4.36. The molecule has 3 heteroatoms. The van der Waals surface area contributed by atoms with Gasteiger partial charge in [-0.2, -0.15) is 11.8 Å². The number of rotatable bonds is 9. The van der Waals surface area contributed by atoms with Crippen LogP contribution in [-0.4, -0.2) is 18.1 Å². The van der Waals surface area contributed by atoms with Crippen molar-refractivity contribution < 1.29 is 4.74 Å². The maximum atomic E-state index is 6.24. The first-order valence-electron chi connectivity index (χ1n) is 6.84. The first-order valence-corrected chi connectivity index (χ1v) is 8.00. The molecule has 0 aliphatic heterocycles. The first kappa shape index (κ1) is 15.4. The van der Waals surface area contributed by atoms with Gasteiger partial charge < -0.3 is 10.5 Å². The summed E-state index contributed by atoms with van der Waals surface area (Å²) in [5.41, 5.74) is 7.37. The van der Waals surface area contributed by atoms with E-state index in [1.807, 2.05) is 36.9 Å². The van der Waals surface area contributed by atoms with Crippen molar-refractivity contribution in [2.45, 2.75) is 39.2 Å². The molecule has 1 atom stereocenters. The zero-order chi connectivity index (χ0) is 13.2. The third-order valence-corrected chi connectivity index (χ3v) is 3.98. The summed E-state index contributed by atoms with van der Waals surface area (Å²) in [4.78, 5) is 0. The number of para-hydroxylation sites is 1. The summed E-state index contributed by atoms with van der Waals surface area (Å²) in [7, 11) is 0. The minimum atomic E-state index is 0.0689. The predicted octanol–water partition coefficient (Wildman–Crippen LogP) is 4.01. The average Bonchev–Trinajstić information content (AvgIpc) is 2.39. The Morgan fingerprint density at radius 2 is 2.00 bits per heavy atom. The van der Waals surface area contributed by atoms with E-state index < -0.39 is 0 Å². The van der Waals surface area contributed by atoms with Crippen molar-refractivity contribution in [3.63, 3.8) is 0 Å². The summed E-state index contributed by atoms with van der Waals surface area (Å²) in [6, 6.07) is 8.16. The van der Waals surface area contributed by atoms with E-state index in [1.54, 1.807) is 0 Å². The highest BCUT2D eigenvalue weighted by atomic mass is 32.2. The Morgan fingerprint density at radius 3 is 2.72 bits per heavy atom. The topological polar surface area (TPSA) is 35.2 Å². The van der Waals surface area contributed by atoms with Crippen molar-refractivity contribution in [3.8, 4) is 5.75 Å². The van der Waals surface area contributed by atoms with Gasteiger partial charge in [0, 0.05) is 17.4 Å². The van der Waals surface area contributed by atoms with Crippen molar-refractivity contribution in [2.24, 2.45) is 5.73 Å². The standard InChI is InChI=1S/C15H25NOS/c1-3-5-8-11-18-12-14(16)13-9-6-7-10-15(13)17-4-2/h6-7,9-10,14H,3-5,8,11-12,16H2,1-2H3. The highest BCUT2D eigenvalue weighted by Gasteiger charge is 2.11. The molecule has 1 aromatic rings. The van der Waals surface area contributed by atoms with Crippen LogP contribution in [0.15, 0.2) is 24.3 Å². The fourth-order valence-corrected chi connectivity index (χ4v) is 2.84. The third kappa shape index (κ3) is 5.32. The van der Waals surface area contributed by atoms with Gasteiger partial charge in [0.05, 0.1) is 6.61 Å². The number of ether oxygens (including phenoxy) is 1.